The maximum atomic E-state index is 5.22. The van der Waals surface area contributed by atoms with Gasteiger partial charge in [-0.1, -0.05) is 35.0 Å². The molecule has 1 N–H and O–H groups in total. The van der Waals surface area contributed by atoms with Crippen LogP contribution in [-0.4, -0.2) is 6.54 Å². The van der Waals surface area contributed by atoms with Crippen LogP contribution in [0.4, 0.5) is 0 Å². The molecule has 1 atom stereocenters. The minimum atomic E-state index is 0.399. The number of hydrogen-bond donors (Lipinski definition) is 1. The average Bonchev–Trinajstić information content (AvgIpc) is 2.24. The van der Waals surface area contributed by atoms with Crippen LogP contribution in [0.1, 0.15) is 31.4 Å². The number of hydrogen-bond acceptors (Lipinski definition) is 1. The first-order valence-electron chi connectivity index (χ1n) is 5.20. The molecular weight excluding hydrogens is 250 g/mol. The Kier molecular flexibility index (Phi) is 5.45. The lowest BCUT2D eigenvalue weighted by Gasteiger charge is -2.16. The summed E-state index contributed by atoms with van der Waals surface area (Å²) in [7, 11) is 0. The number of benzene rings is 1. The van der Waals surface area contributed by atoms with Crippen LogP contribution in [0.5, 0.6) is 0 Å². The van der Waals surface area contributed by atoms with Crippen LogP contribution in [0.25, 0.3) is 0 Å². The van der Waals surface area contributed by atoms with E-state index in [9.17, 15) is 0 Å². The van der Waals surface area contributed by atoms with Crippen LogP contribution >= 0.6 is 15.9 Å². The van der Waals surface area contributed by atoms with E-state index >= 15 is 0 Å². The second-order valence-electron chi connectivity index (χ2n) is 3.42. The van der Waals surface area contributed by atoms with Gasteiger partial charge in [-0.25, -0.2) is 0 Å². The zero-order chi connectivity index (χ0) is 11.1. The van der Waals surface area contributed by atoms with Gasteiger partial charge in [-0.3, -0.25) is 0 Å². The van der Waals surface area contributed by atoms with E-state index in [1.54, 1.807) is 0 Å². The zero-order valence-corrected chi connectivity index (χ0v) is 10.5. The SMILES string of the molecule is C#CCCNC(CC)c1cccc(Br)c1. The normalized spacial score (nSPS) is 12.1. The molecule has 0 aliphatic rings. The van der Waals surface area contributed by atoms with Crippen molar-refractivity contribution < 1.29 is 0 Å². The second kappa shape index (κ2) is 6.66. The van der Waals surface area contributed by atoms with Crippen molar-refractivity contribution in [3.05, 3.63) is 34.3 Å². The third-order valence-electron chi connectivity index (χ3n) is 2.32. The molecule has 1 nitrogen and oxygen atoms in total. The molecule has 0 aliphatic carbocycles. The molecule has 0 aliphatic heterocycles. The average molecular weight is 266 g/mol. The summed E-state index contributed by atoms with van der Waals surface area (Å²) in [4.78, 5) is 0. The molecule has 0 saturated carbocycles. The molecule has 80 valence electrons. The fourth-order valence-electron chi connectivity index (χ4n) is 1.54. The van der Waals surface area contributed by atoms with Crippen LogP contribution in [-0.2, 0) is 0 Å². The van der Waals surface area contributed by atoms with Crippen LogP contribution in [0.15, 0.2) is 28.7 Å². The molecule has 0 heterocycles. The Morgan fingerprint density at radius 1 is 1.53 bits per heavy atom. The molecule has 0 saturated heterocycles. The van der Waals surface area contributed by atoms with Gasteiger partial charge in [-0.05, 0) is 24.1 Å². The fraction of sp³-hybridized carbons (Fsp3) is 0.385. The molecule has 1 rings (SSSR count). The van der Waals surface area contributed by atoms with E-state index in [0.717, 1.165) is 23.9 Å². The Bertz CT molecular complexity index is 341. The first kappa shape index (κ1) is 12.3. The summed E-state index contributed by atoms with van der Waals surface area (Å²) in [6.07, 6.45) is 7.07. The third kappa shape index (κ3) is 4.07. The molecule has 15 heavy (non-hydrogen) atoms. The Balaban J connectivity index is 2.62. The summed E-state index contributed by atoms with van der Waals surface area (Å²) in [5.74, 6) is 2.64. The Hall–Kier alpha value is -0.780. The first-order valence-corrected chi connectivity index (χ1v) is 5.99. The van der Waals surface area contributed by atoms with Gasteiger partial charge >= 0.3 is 0 Å². The van der Waals surface area contributed by atoms with E-state index in [1.165, 1.54) is 5.56 Å². The van der Waals surface area contributed by atoms with Crippen LogP contribution in [0.2, 0.25) is 0 Å². The summed E-state index contributed by atoms with van der Waals surface area (Å²) in [6.45, 7) is 3.05. The van der Waals surface area contributed by atoms with Gasteiger partial charge < -0.3 is 5.32 Å². The number of terminal acetylenes is 1. The Morgan fingerprint density at radius 2 is 2.33 bits per heavy atom. The van der Waals surface area contributed by atoms with Crippen LogP contribution < -0.4 is 5.32 Å². The molecule has 0 radical (unpaired) electrons. The van der Waals surface area contributed by atoms with Gasteiger partial charge in [0.25, 0.3) is 0 Å². The molecule has 1 aromatic carbocycles. The monoisotopic (exact) mass is 265 g/mol. The molecule has 2 heteroatoms. The molecule has 0 spiro atoms. The zero-order valence-electron chi connectivity index (χ0n) is 8.96. The summed E-state index contributed by atoms with van der Waals surface area (Å²) in [5, 5.41) is 3.45. The number of rotatable bonds is 5. The van der Waals surface area contributed by atoms with Gasteiger partial charge in [0.2, 0.25) is 0 Å². The lowest BCUT2D eigenvalue weighted by molar-refractivity contribution is 0.527. The van der Waals surface area contributed by atoms with Gasteiger partial charge in [0.05, 0.1) is 0 Å². The standard InChI is InChI=1S/C13H16BrN/c1-3-5-9-15-13(4-2)11-7-6-8-12(14)10-11/h1,6-8,10,13,15H,4-5,9H2,2H3. The van der Waals surface area contributed by atoms with Gasteiger partial charge in [-0.2, -0.15) is 0 Å². The predicted octanol–water partition coefficient (Wildman–Crippen LogP) is 3.51. The molecule has 0 aromatic heterocycles. The highest BCUT2D eigenvalue weighted by Gasteiger charge is 2.07. The van der Waals surface area contributed by atoms with Crippen molar-refractivity contribution in [1.29, 1.82) is 0 Å². The second-order valence-corrected chi connectivity index (χ2v) is 4.34. The lowest BCUT2D eigenvalue weighted by Crippen LogP contribution is -2.21. The molecule has 0 fully saturated rings. The molecular formula is C13H16BrN. The molecule has 1 unspecified atom stereocenters. The Morgan fingerprint density at radius 3 is 2.93 bits per heavy atom. The molecule has 0 amide bonds. The fourth-order valence-corrected chi connectivity index (χ4v) is 1.96. The summed E-state index contributed by atoms with van der Waals surface area (Å²) < 4.78 is 1.12. The van der Waals surface area contributed by atoms with E-state index < -0.39 is 0 Å². The highest BCUT2D eigenvalue weighted by atomic mass is 79.9. The van der Waals surface area contributed by atoms with Gasteiger partial charge in [-0.15, -0.1) is 12.3 Å². The van der Waals surface area contributed by atoms with Crippen LogP contribution in [0.3, 0.4) is 0 Å². The third-order valence-corrected chi connectivity index (χ3v) is 2.81. The van der Waals surface area contributed by atoms with E-state index in [4.69, 9.17) is 6.42 Å². The van der Waals surface area contributed by atoms with Crippen molar-refractivity contribution in [3.63, 3.8) is 0 Å². The summed E-state index contributed by atoms with van der Waals surface area (Å²) >= 11 is 3.48. The van der Waals surface area contributed by atoms with E-state index in [0.29, 0.717) is 6.04 Å². The lowest BCUT2D eigenvalue weighted by atomic mass is 10.0. The topological polar surface area (TPSA) is 12.0 Å². The van der Waals surface area contributed by atoms with Crippen molar-refractivity contribution >= 4 is 15.9 Å². The van der Waals surface area contributed by atoms with Gasteiger partial charge in [0.1, 0.15) is 0 Å². The highest BCUT2D eigenvalue weighted by Crippen LogP contribution is 2.20. The van der Waals surface area contributed by atoms with E-state index in [2.05, 4.69) is 52.3 Å². The summed E-state index contributed by atoms with van der Waals surface area (Å²) in [6, 6.07) is 8.79. The number of halogens is 1. The maximum absolute atomic E-state index is 5.22. The summed E-state index contributed by atoms with van der Waals surface area (Å²) in [5.41, 5.74) is 1.31. The van der Waals surface area contributed by atoms with Gasteiger partial charge in [0, 0.05) is 23.5 Å². The van der Waals surface area contributed by atoms with Crippen molar-refractivity contribution in [2.24, 2.45) is 0 Å². The van der Waals surface area contributed by atoms with Gasteiger partial charge in [0.15, 0.2) is 0 Å². The van der Waals surface area contributed by atoms with Crippen molar-refractivity contribution in [3.8, 4) is 12.3 Å². The highest BCUT2D eigenvalue weighted by molar-refractivity contribution is 9.10. The minimum absolute atomic E-state index is 0.399. The smallest absolute Gasteiger partial charge is 0.0318 e. The van der Waals surface area contributed by atoms with Crippen molar-refractivity contribution in [1.82, 2.24) is 5.32 Å². The van der Waals surface area contributed by atoms with E-state index in [-0.39, 0.29) is 0 Å². The first-order chi connectivity index (χ1) is 7.27. The largest absolute Gasteiger partial charge is 0.309 e. The maximum Gasteiger partial charge on any atom is 0.0318 e. The van der Waals surface area contributed by atoms with Crippen molar-refractivity contribution in [2.45, 2.75) is 25.8 Å². The van der Waals surface area contributed by atoms with Crippen LogP contribution in [0, 0.1) is 12.3 Å². The minimum Gasteiger partial charge on any atom is -0.309 e. The molecule has 1 aromatic rings. The van der Waals surface area contributed by atoms with Crippen molar-refractivity contribution in [2.75, 3.05) is 6.54 Å². The van der Waals surface area contributed by atoms with E-state index in [1.807, 2.05) is 6.07 Å². The predicted molar refractivity (Wildman–Crippen MR) is 68.6 cm³/mol. The number of nitrogens with one attached hydrogen (secondary N) is 1. The quantitative estimate of drug-likeness (QED) is 0.635. The Labute approximate surface area is 100 Å². The molecule has 0 bridgehead atoms.